The number of alkyl halides is 3. The van der Waals surface area contributed by atoms with Crippen LogP contribution in [0.25, 0.3) is 0 Å². The van der Waals surface area contributed by atoms with E-state index in [1.165, 1.54) is 24.3 Å². The number of halogens is 4. The second kappa shape index (κ2) is 7.04. The summed E-state index contributed by atoms with van der Waals surface area (Å²) in [5, 5.41) is 4.26. The van der Waals surface area contributed by atoms with Gasteiger partial charge in [0.25, 0.3) is 5.91 Å². The molecule has 1 atom stereocenters. The van der Waals surface area contributed by atoms with Crippen LogP contribution >= 0.6 is 15.9 Å². The Morgan fingerprint density at radius 3 is 2.13 bits per heavy atom. The van der Waals surface area contributed by atoms with Gasteiger partial charge in [0.2, 0.25) is 0 Å². The number of benzene rings is 2. The van der Waals surface area contributed by atoms with Crippen molar-refractivity contribution in [3.63, 3.8) is 0 Å². The van der Waals surface area contributed by atoms with Gasteiger partial charge >= 0.3 is 6.18 Å². The summed E-state index contributed by atoms with van der Waals surface area (Å²) in [6, 6.07) is 12.5. The maximum atomic E-state index is 13.1. The van der Waals surface area contributed by atoms with E-state index in [4.69, 9.17) is 0 Å². The van der Waals surface area contributed by atoms with Gasteiger partial charge in [-0.25, -0.2) is 0 Å². The molecule has 0 saturated carbocycles. The number of carbonyl (C=O) groups excluding carboxylic acids is 1. The van der Waals surface area contributed by atoms with E-state index in [0.29, 0.717) is 0 Å². The quantitative estimate of drug-likeness (QED) is 0.760. The summed E-state index contributed by atoms with van der Waals surface area (Å²) in [6.07, 6.45) is -6.81. The lowest BCUT2D eigenvalue weighted by Crippen LogP contribution is -2.50. The van der Waals surface area contributed by atoms with E-state index in [1.807, 2.05) is 12.2 Å². The first-order chi connectivity index (χ1) is 10.8. The minimum absolute atomic E-state index is 0.146. The summed E-state index contributed by atoms with van der Waals surface area (Å²) in [5.74, 6) is -0.806. The van der Waals surface area contributed by atoms with Gasteiger partial charge in [0.1, 0.15) is 0 Å². The Kier molecular flexibility index (Phi) is 5.30. The lowest BCUT2D eigenvalue weighted by atomic mass is 10.2. The standard InChI is InChI=1S/C16H14BrF3N2O/c1-10-2-8-13(9-3-10)21-15(16(18,19)20)22-14(23)11-4-6-12(17)7-5-11/h2-9,15,21H,1H3,(H,22,23). The maximum absolute atomic E-state index is 13.1. The molecule has 0 saturated heterocycles. The zero-order chi connectivity index (χ0) is 17.0. The third kappa shape index (κ3) is 4.99. The highest BCUT2D eigenvalue weighted by molar-refractivity contribution is 9.10. The van der Waals surface area contributed by atoms with E-state index in [-0.39, 0.29) is 11.3 Å². The van der Waals surface area contributed by atoms with E-state index in [0.717, 1.165) is 10.0 Å². The van der Waals surface area contributed by atoms with Crippen LogP contribution in [0.1, 0.15) is 15.9 Å². The minimum atomic E-state index is -4.63. The molecule has 23 heavy (non-hydrogen) atoms. The van der Waals surface area contributed by atoms with Crippen molar-refractivity contribution in [1.82, 2.24) is 5.32 Å². The second-order valence-electron chi connectivity index (χ2n) is 4.97. The zero-order valence-corrected chi connectivity index (χ0v) is 13.7. The van der Waals surface area contributed by atoms with E-state index in [1.54, 1.807) is 24.3 Å². The fraction of sp³-hybridized carbons (Fsp3) is 0.188. The van der Waals surface area contributed by atoms with Gasteiger partial charge in [0.15, 0.2) is 6.17 Å². The number of anilines is 1. The molecule has 2 N–H and O–H groups in total. The summed E-state index contributed by atoms with van der Waals surface area (Å²) >= 11 is 3.20. The topological polar surface area (TPSA) is 41.1 Å². The van der Waals surface area contributed by atoms with Crippen molar-refractivity contribution in [3.05, 3.63) is 64.1 Å². The molecule has 0 aromatic heterocycles. The smallest absolute Gasteiger partial charge is 0.358 e. The first-order valence-electron chi connectivity index (χ1n) is 6.72. The summed E-state index contributed by atoms with van der Waals surface area (Å²) in [5.41, 5.74) is 1.35. The SMILES string of the molecule is Cc1ccc(NC(NC(=O)c2ccc(Br)cc2)C(F)(F)F)cc1. The Morgan fingerprint density at radius 2 is 1.61 bits per heavy atom. The Labute approximate surface area is 140 Å². The summed E-state index contributed by atoms with van der Waals surface area (Å²) < 4.78 is 40.2. The number of hydrogen-bond acceptors (Lipinski definition) is 2. The van der Waals surface area contributed by atoms with Crippen molar-refractivity contribution in [3.8, 4) is 0 Å². The van der Waals surface area contributed by atoms with Crippen LogP contribution in [0.5, 0.6) is 0 Å². The van der Waals surface area contributed by atoms with Crippen molar-refractivity contribution in [1.29, 1.82) is 0 Å². The van der Waals surface area contributed by atoms with Crippen LogP contribution < -0.4 is 10.6 Å². The van der Waals surface area contributed by atoms with Crippen molar-refractivity contribution in [2.24, 2.45) is 0 Å². The maximum Gasteiger partial charge on any atom is 0.427 e. The molecule has 122 valence electrons. The predicted octanol–water partition coefficient (Wildman–Crippen LogP) is 4.49. The molecule has 0 spiro atoms. The van der Waals surface area contributed by atoms with Crippen molar-refractivity contribution in [2.75, 3.05) is 5.32 Å². The summed E-state index contributed by atoms with van der Waals surface area (Å²) in [7, 11) is 0. The van der Waals surface area contributed by atoms with Crippen LogP contribution in [0, 0.1) is 6.92 Å². The minimum Gasteiger partial charge on any atom is -0.358 e. The molecular weight excluding hydrogens is 373 g/mol. The molecule has 7 heteroatoms. The molecule has 1 unspecified atom stereocenters. The van der Waals surface area contributed by atoms with Crippen LogP contribution in [0.2, 0.25) is 0 Å². The van der Waals surface area contributed by atoms with E-state index in [2.05, 4.69) is 21.2 Å². The first kappa shape index (κ1) is 17.3. The molecule has 0 fully saturated rings. The molecule has 2 aromatic carbocycles. The van der Waals surface area contributed by atoms with Gasteiger partial charge in [-0.15, -0.1) is 0 Å². The highest BCUT2D eigenvalue weighted by Crippen LogP contribution is 2.23. The van der Waals surface area contributed by atoms with Gasteiger partial charge < -0.3 is 10.6 Å². The highest BCUT2D eigenvalue weighted by Gasteiger charge is 2.41. The number of amides is 1. The predicted molar refractivity (Wildman–Crippen MR) is 86.3 cm³/mol. The van der Waals surface area contributed by atoms with Gasteiger partial charge in [0, 0.05) is 15.7 Å². The fourth-order valence-electron chi connectivity index (χ4n) is 1.83. The Balaban J connectivity index is 2.14. The van der Waals surface area contributed by atoms with Gasteiger partial charge in [-0.2, -0.15) is 13.2 Å². The van der Waals surface area contributed by atoms with Crippen LogP contribution in [0.15, 0.2) is 53.0 Å². The van der Waals surface area contributed by atoms with Gasteiger partial charge in [-0.3, -0.25) is 4.79 Å². The molecule has 0 aliphatic rings. The van der Waals surface area contributed by atoms with Gasteiger partial charge in [-0.1, -0.05) is 33.6 Å². The molecular formula is C16H14BrF3N2O. The van der Waals surface area contributed by atoms with Crippen molar-refractivity contribution in [2.45, 2.75) is 19.3 Å². The molecule has 3 nitrogen and oxygen atoms in total. The molecule has 2 rings (SSSR count). The van der Waals surface area contributed by atoms with Crippen LogP contribution in [-0.2, 0) is 0 Å². The van der Waals surface area contributed by atoms with E-state index < -0.39 is 18.2 Å². The molecule has 2 aromatic rings. The van der Waals surface area contributed by atoms with Crippen LogP contribution in [0.4, 0.5) is 18.9 Å². The van der Waals surface area contributed by atoms with Crippen molar-refractivity contribution < 1.29 is 18.0 Å². The molecule has 1 amide bonds. The largest absolute Gasteiger partial charge is 0.427 e. The van der Waals surface area contributed by atoms with E-state index in [9.17, 15) is 18.0 Å². The Bertz CT molecular complexity index is 669. The molecule has 0 aliphatic carbocycles. The molecule has 0 heterocycles. The zero-order valence-electron chi connectivity index (χ0n) is 12.1. The lowest BCUT2D eigenvalue weighted by Gasteiger charge is -2.24. The molecule has 0 bridgehead atoms. The Hall–Kier alpha value is -2.02. The lowest BCUT2D eigenvalue weighted by molar-refractivity contribution is -0.146. The number of rotatable bonds is 4. The number of hydrogen-bond donors (Lipinski definition) is 2. The van der Waals surface area contributed by atoms with Gasteiger partial charge in [0.05, 0.1) is 0 Å². The molecule has 0 aliphatic heterocycles. The number of nitrogens with one attached hydrogen (secondary N) is 2. The van der Waals surface area contributed by atoms with Gasteiger partial charge in [-0.05, 0) is 43.3 Å². The monoisotopic (exact) mass is 386 g/mol. The second-order valence-corrected chi connectivity index (χ2v) is 5.88. The molecule has 0 radical (unpaired) electrons. The summed E-state index contributed by atoms with van der Waals surface area (Å²) in [6.45, 7) is 1.83. The average Bonchev–Trinajstić information content (AvgIpc) is 2.48. The Morgan fingerprint density at radius 1 is 1.04 bits per heavy atom. The van der Waals surface area contributed by atoms with E-state index >= 15 is 0 Å². The van der Waals surface area contributed by atoms with Crippen LogP contribution in [0.3, 0.4) is 0 Å². The summed E-state index contributed by atoms with van der Waals surface area (Å²) in [4.78, 5) is 12.0. The average molecular weight is 387 g/mol. The number of aryl methyl sites for hydroxylation is 1. The van der Waals surface area contributed by atoms with Crippen molar-refractivity contribution >= 4 is 27.5 Å². The normalized spacial score (nSPS) is 12.6. The first-order valence-corrected chi connectivity index (χ1v) is 7.51. The van der Waals surface area contributed by atoms with Crippen LogP contribution in [-0.4, -0.2) is 18.2 Å². The third-order valence-electron chi connectivity index (χ3n) is 3.07. The number of carbonyl (C=O) groups is 1. The third-order valence-corrected chi connectivity index (χ3v) is 3.60. The highest BCUT2D eigenvalue weighted by atomic mass is 79.9. The fourth-order valence-corrected chi connectivity index (χ4v) is 2.10.